The Morgan fingerprint density at radius 1 is 0.684 bits per heavy atom. The molecule has 0 aliphatic heterocycles. The first-order chi connectivity index (χ1) is 17.2. The van der Waals surface area contributed by atoms with Gasteiger partial charge in [-0.3, -0.25) is 24.8 Å². The van der Waals surface area contributed by atoms with Crippen LogP contribution in [0.3, 0.4) is 0 Å². The number of rotatable bonds is 7. The van der Waals surface area contributed by atoms with Crippen molar-refractivity contribution in [3.05, 3.63) is 62.2 Å². The average molecular weight is 553 g/mol. The molecule has 38 heavy (non-hydrogen) atoms. The van der Waals surface area contributed by atoms with E-state index in [2.05, 4.69) is 20.5 Å². The second kappa shape index (κ2) is 11.4. The molecule has 17 nitrogen and oxygen atoms in total. The Morgan fingerprint density at radius 3 is 1.34 bits per heavy atom. The van der Waals surface area contributed by atoms with E-state index < -0.39 is 36.2 Å². The summed E-state index contributed by atoms with van der Waals surface area (Å²) < 4.78 is 33.2. The van der Waals surface area contributed by atoms with Gasteiger partial charge in [0.2, 0.25) is 0 Å². The Kier molecular flexibility index (Phi) is 9.03. The fourth-order valence-electron chi connectivity index (χ4n) is 2.94. The van der Waals surface area contributed by atoms with Crippen molar-refractivity contribution in [2.24, 2.45) is 20.5 Å². The summed E-state index contributed by atoms with van der Waals surface area (Å²) in [6, 6.07) is 6.13. The van der Waals surface area contributed by atoms with Crippen LogP contribution in [0.1, 0.15) is 5.56 Å². The van der Waals surface area contributed by atoms with Crippen LogP contribution in [0.25, 0.3) is 0 Å². The zero-order chi connectivity index (χ0) is 27.7. The van der Waals surface area contributed by atoms with Crippen LogP contribution in [-0.2, 0) is 10.1 Å². The van der Waals surface area contributed by atoms with E-state index in [-0.39, 0.29) is 80.6 Å². The SMILES string of the molecule is Cc1c(N=Nc2cc([N+](=O)[O-])c(N)cc2N)cc(S(=O)(=O)O)cc1N=Nc1cc([N+](=O)[O-])c(N)cc1N.[Na]. The zero-order valence-corrected chi connectivity index (χ0v) is 22.6. The van der Waals surface area contributed by atoms with Gasteiger partial charge >= 0.3 is 0 Å². The molecule has 3 rings (SSSR count). The maximum Gasteiger partial charge on any atom is 0.294 e. The molecule has 0 amide bonds. The Labute approximate surface area is 236 Å². The quantitative estimate of drug-likeness (QED) is 0.0698. The molecule has 19 heteroatoms. The minimum absolute atomic E-state index is 0. The monoisotopic (exact) mass is 553 g/mol. The van der Waals surface area contributed by atoms with Crippen molar-refractivity contribution in [3.8, 4) is 0 Å². The first-order valence-electron chi connectivity index (χ1n) is 9.81. The van der Waals surface area contributed by atoms with Crippen molar-refractivity contribution in [3.63, 3.8) is 0 Å². The number of nitrogens with zero attached hydrogens (tertiary/aromatic N) is 6. The van der Waals surface area contributed by atoms with E-state index in [1.807, 2.05) is 0 Å². The molecule has 0 bridgehead atoms. The number of nitrogen functional groups attached to an aromatic ring is 4. The molecule has 0 fully saturated rings. The number of nitro benzene ring substituents is 2. The molecule has 0 heterocycles. The van der Waals surface area contributed by atoms with Crippen LogP contribution in [0.5, 0.6) is 0 Å². The third kappa shape index (κ3) is 6.55. The molecule has 0 saturated heterocycles. The van der Waals surface area contributed by atoms with Crippen molar-refractivity contribution in [1.82, 2.24) is 0 Å². The van der Waals surface area contributed by atoms with Gasteiger partial charge in [-0.1, -0.05) is 0 Å². The van der Waals surface area contributed by atoms with E-state index in [0.29, 0.717) is 0 Å². The summed E-state index contributed by atoms with van der Waals surface area (Å²) in [5.41, 5.74) is 21.0. The van der Waals surface area contributed by atoms with Gasteiger partial charge in [0.1, 0.15) is 22.7 Å². The van der Waals surface area contributed by atoms with Gasteiger partial charge in [-0.05, 0) is 31.2 Å². The second-order valence-electron chi connectivity index (χ2n) is 7.42. The number of nitro groups is 2. The molecule has 9 N–H and O–H groups in total. The predicted molar refractivity (Wildman–Crippen MR) is 139 cm³/mol. The number of nitrogens with two attached hydrogens (primary N) is 4. The summed E-state index contributed by atoms with van der Waals surface area (Å²) in [5.74, 6) is 0. The molecular formula is C19H18N10NaO7S. The van der Waals surface area contributed by atoms with Crippen LogP contribution in [0, 0.1) is 27.2 Å². The molecule has 0 aromatic heterocycles. The molecule has 0 saturated carbocycles. The van der Waals surface area contributed by atoms with E-state index in [1.54, 1.807) is 0 Å². The molecular weight excluding hydrogens is 535 g/mol. The number of benzene rings is 3. The number of hydrogen-bond acceptors (Lipinski definition) is 14. The second-order valence-corrected chi connectivity index (χ2v) is 8.84. The smallest absolute Gasteiger partial charge is 0.294 e. The molecule has 3 aromatic rings. The van der Waals surface area contributed by atoms with Gasteiger partial charge in [0, 0.05) is 47.3 Å². The molecule has 0 aliphatic rings. The number of hydrogen-bond donors (Lipinski definition) is 5. The third-order valence-corrected chi connectivity index (χ3v) is 5.73. The van der Waals surface area contributed by atoms with Crippen LogP contribution in [0.15, 0.2) is 61.8 Å². The van der Waals surface area contributed by atoms with Gasteiger partial charge in [-0.2, -0.15) is 18.6 Å². The maximum atomic E-state index is 11.8. The summed E-state index contributed by atoms with van der Waals surface area (Å²) in [5, 5.41) is 37.8. The molecule has 0 spiro atoms. The van der Waals surface area contributed by atoms with E-state index in [1.165, 1.54) is 6.92 Å². The molecule has 3 aromatic carbocycles. The minimum Gasteiger partial charge on any atom is -0.397 e. The van der Waals surface area contributed by atoms with Crippen LogP contribution in [0.2, 0.25) is 0 Å². The molecule has 0 atom stereocenters. The van der Waals surface area contributed by atoms with Crippen molar-refractivity contribution < 1.29 is 22.8 Å². The van der Waals surface area contributed by atoms with E-state index in [0.717, 1.165) is 36.4 Å². The number of azo groups is 2. The Hall–Kier alpha value is -4.23. The molecule has 0 unspecified atom stereocenters. The minimum atomic E-state index is -4.76. The van der Waals surface area contributed by atoms with E-state index >= 15 is 0 Å². The van der Waals surface area contributed by atoms with Gasteiger partial charge in [0.25, 0.3) is 21.5 Å². The van der Waals surface area contributed by atoms with Crippen molar-refractivity contribution in [1.29, 1.82) is 0 Å². The number of anilines is 4. The van der Waals surface area contributed by atoms with E-state index in [9.17, 15) is 33.2 Å². The van der Waals surface area contributed by atoms with Gasteiger partial charge in [0.05, 0.1) is 37.5 Å². The first kappa shape index (κ1) is 30.0. The first-order valence-corrected chi connectivity index (χ1v) is 11.3. The van der Waals surface area contributed by atoms with Gasteiger partial charge in [-0.15, -0.1) is 10.2 Å². The third-order valence-electron chi connectivity index (χ3n) is 4.90. The largest absolute Gasteiger partial charge is 0.397 e. The Balaban J connectivity index is 0.00000507. The molecule has 0 aliphatic carbocycles. The van der Waals surface area contributed by atoms with Crippen molar-refractivity contribution >= 4 is 96.5 Å². The van der Waals surface area contributed by atoms with E-state index in [4.69, 9.17) is 22.9 Å². The zero-order valence-electron chi connectivity index (χ0n) is 19.8. The summed E-state index contributed by atoms with van der Waals surface area (Å²) in [6.45, 7) is 1.46. The fourth-order valence-corrected chi connectivity index (χ4v) is 3.46. The summed E-state index contributed by atoms with van der Waals surface area (Å²) >= 11 is 0. The van der Waals surface area contributed by atoms with Gasteiger partial charge in [0.15, 0.2) is 0 Å². The normalized spacial score (nSPS) is 11.5. The summed E-state index contributed by atoms with van der Waals surface area (Å²) in [4.78, 5) is 20.2. The predicted octanol–water partition coefficient (Wildman–Crippen LogP) is 3.84. The van der Waals surface area contributed by atoms with Crippen LogP contribution in [0.4, 0.5) is 56.9 Å². The molecule has 193 valence electrons. The fraction of sp³-hybridized carbons (Fsp3) is 0.0526. The van der Waals surface area contributed by atoms with Crippen molar-refractivity contribution in [2.75, 3.05) is 22.9 Å². The maximum absolute atomic E-state index is 11.8. The summed E-state index contributed by atoms with van der Waals surface area (Å²) in [6.07, 6.45) is 0. The van der Waals surface area contributed by atoms with Crippen LogP contribution < -0.4 is 22.9 Å². The van der Waals surface area contributed by atoms with Crippen LogP contribution >= 0.6 is 0 Å². The summed E-state index contributed by atoms with van der Waals surface area (Å²) in [7, 11) is -4.76. The average Bonchev–Trinajstić information content (AvgIpc) is 2.78. The standard InChI is InChI=1S/C19H18N10O7S.Na/c1-8-14(24-26-16-6-18(28(30)31)12(22)4-10(16)20)2-9(37(34,35)36)3-15(8)25-27-17-7-19(29(32)33)13(23)5-11(17)21;/h2-7H,20-23H2,1H3,(H,34,35,36);. The molecule has 1 radical (unpaired) electrons. The Morgan fingerprint density at radius 2 is 1.03 bits per heavy atom. The van der Waals surface area contributed by atoms with Gasteiger partial charge in [-0.25, -0.2) is 0 Å². The van der Waals surface area contributed by atoms with Crippen LogP contribution in [-0.4, -0.2) is 52.4 Å². The topological polar surface area (TPSA) is 294 Å². The van der Waals surface area contributed by atoms with Gasteiger partial charge < -0.3 is 22.9 Å². The van der Waals surface area contributed by atoms with Crippen molar-refractivity contribution in [2.45, 2.75) is 11.8 Å². The Bertz CT molecular complexity index is 1530.